The summed E-state index contributed by atoms with van der Waals surface area (Å²) in [5.74, 6) is 0. The van der Waals surface area contributed by atoms with E-state index in [0.29, 0.717) is 21.9 Å². The lowest BCUT2D eigenvalue weighted by Gasteiger charge is -2.19. The molecule has 1 heterocycles. The number of halogens is 1. The molecule has 2 rings (SSSR count). The molecule has 0 amide bonds. The van der Waals surface area contributed by atoms with Gasteiger partial charge >= 0.3 is 0 Å². The molecule has 4 heteroatoms. The smallest absolute Gasteiger partial charge is 0.103 e. The molecule has 1 aromatic carbocycles. The zero-order valence-corrected chi connectivity index (χ0v) is 9.92. The molecule has 16 heavy (non-hydrogen) atoms. The number of hydrogen-bond acceptors (Lipinski definition) is 3. The van der Waals surface area contributed by atoms with Crippen LogP contribution in [-0.4, -0.2) is 10.1 Å². The molecule has 0 spiro atoms. The summed E-state index contributed by atoms with van der Waals surface area (Å²) in [5, 5.41) is 11.4. The van der Waals surface area contributed by atoms with Crippen molar-refractivity contribution in [1.29, 1.82) is 0 Å². The maximum atomic E-state index is 9.93. The van der Waals surface area contributed by atoms with Crippen LogP contribution in [0.2, 0.25) is 5.02 Å². The zero-order chi connectivity index (χ0) is 11.9. The van der Waals surface area contributed by atoms with Crippen molar-refractivity contribution in [3.05, 3.63) is 35.0 Å². The van der Waals surface area contributed by atoms with Crippen molar-refractivity contribution in [1.82, 2.24) is 4.98 Å². The molecule has 0 aliphatic rings. The van der Waals surface area contributed by atoms with Crippen LogP contribution in [0.3, 0.4) is 0 Å². The van der Waals surface area contributed by atoms with Gasteiger partial charge in [0.25, 0.3) is 0 Å². The lowest BCUT2D eigenvalue weighted by atomic mass is 10.0. The molecule has 3 nitrogen and oxygen atoms in total. The van der Waals surface area contributed by atoms with Gasteiger partial charge in [-0.2, -0.15) is 0 Å². The third kappa shape index (κ3) is 1.84. The highest BCUT2D eigenvalue weighted by Gasteiger charge is 2.21. The normalized spacial score (nSPS) is 12.0. The van der Waals surface area contributed by atoms with Gasteiger partial charge < -0.3 is 10.8 Å². The van der Waals surface area contributed by atoms with Crippen LogP contribution in [0.15, 0.2) is 24.3 Å². The van der Waals surface area contributed by atoms with Gasteiger partial charge in [0.15, 0.2) is 0 Å². The quantitative estimate of drug-likeness (QED) is 0.800. The van der Waals surface area contributed by atoms with E-state index in [4.69, 9.17) is 17.3 Å². The fourth-order valence-electron chi connectivity index (χ4n) is 1.67. The predicted octanol–water partition coefficient (Wildman–Crippen LogP) is 2.70. The van der Waals surface area contributed by atoms with Crippen LogP contribution < -0.4 is 5.73 Å². The summed E-state index contributed by atoms with van der Waals surface area (Å²) in [7, 11) is 0. The fourth-order valence-corrected chi connectivity index (χ4v) is 1.89. The maximum Gasteiger partial charge on any atom is 0.103 e. The number of benzene rings is 1. The molecule has 0 bridgehead atoms. The van der Waals surface area contributed by atoms with Crippen molar-refractivity contribution < 1.29 is 5.11 Å². The Bertz CT molecular complexity index is 546. The SMILES string of the molecule is CC(C)(O)c1nc2c(Cl)cccc2cc1N. The average molecular weight is 237 g/mol. The van der Waals surface area contributed by atoms with Crippen LogP contribution in [0.5, 0.6) is 0 Å². The van der Waals surface area contributed by atoms with E-state index in [0.717, 1.165) is 5.39 Å². The minimum Gasteiger partial charge on any atom is -0.397 e. The van der Waals surface area contributed by atoms with Crippen LogP contribution in [-0.2, 0) is 5.60 Å². The molecule has 3 N–H and O–H groups in total. The first-order valence-corrected chi connectivity index (χ1v) is 5.35. The number of aliphatic hydroxyl groups is 1. The number of nitrogens with zero attached hydrogens (tertiary/aromatic N) is 1. The van der Waals surface area contributed by atoms with Crippen LogP contribution in [0, 0.1) is 0 Å². The van der Waals surface area contributed by atoms with Crippen molar-refractivity contribution in [2.24, 2.45) is 0 Å². The minimum absolute atomic E-state index is 0.452. The van der Waals surface area contributed by atoms with E-state index in [1.54, 1.807) is 26.0 Å². The molecule has 0 aliphatic carbocycles. The number of hydrogen-bond donors (Lipinski definition) is 2. The second-order valence-electron chi connectivity index (χ2n) is 4.30. The van der Waals surface area contributed by atoms with E-state index >= 15 is 0 Å². The Kier molecular flexibility index (Phi) is 2.52. The fraction of sp³-hybridized carbons (Fsp3) is 0.250. The maximum absolute atomic E-state index is 9.93. The van der Waals surface area contributed by atoms with Crippen molar-refractivity contribution in [3.8, 4) is 0 Å². The summed E-state index contributed by atoms with van der Waals surface area (Å²) in [5.41, 5.74) is 6.37. The van der Waals surface area contributed by atoms with E-state index in [1.807, 2.05) is 12.1 Å². The van der Waals surface area contributed by atoms with E-state index < -0.39 is 5.60 Å². The molecule has 0 radical (unpaired) electrons. The van der Waals surface area contributed by atoms with Crippen molar-refractivity contribution >= 4 is 28.2 Å². The number of anilines is 1. The highest BCUT2D eigenvalue weighted by molar-refractivity contribution is 6.35. The minimum atomic E-state index is -1.07. The van der Waals surface area contributed by atoms with Gasteiger partial charge in [-0.3, -0.25) is 0 Å². The molecule has 0 saturated heterocycles. The molecule has 0 saturated carbocycles. The Labute approximate surface area is 98.9 Å². The summed E-state index contributed by atoms with van der Waals surface area (Å²) in [6, 6.07) is 7.27. The van der Waals surface area contributed by atoms with E-state index in [-0.39, 0.29) is 0 Å². The van der Waals surface area contributed by atoms with Gasteiger partial charge in [0, 0.05) is 5.39 Å². The summed E-state index contributed by atoms with van der Waals surface area (Å²) in [6.07, 6.45) is 0. The van der Waals surface area contributed by atoms with Gasteiger partial charge in [-0.15, -0.1) is 0 Å². The number of rotatable bonds is 1. The van der Waals surface area contributed by atoms with Crippen LogP contribution in [0.25, 0.3) is 10.9 Å². The molecule has 0 fully saturated rings. The van der Waals surface area contributed by atoms with Crippen molar-refractivity contribution in [3.63, 3.8) is 0 Å². The molecule has 1 aromatic heterocycles. The molecular weight excluding hydrogens is 224 g/mol. The predicted molar refractivity (Wildman–Crippen MR) is 66.4 cm³/mol. The summed E-state index contributed by atoms with van der Waals surface area (Å²) >= 11 is 6.05. The van der Waals surface area contributed by atoms with Gasteiger partial charge in [0.1, 0.15) is 5.60 Å². The van der Waals surface area contributed by atoms with Crippen molar-refractivity contribution in [2.75, 3.05) is 5.73 Å². The average Bonchev–Trinajstić information content (AvgIpc) is 2.15. The summed E-state index contributed by atoms with van der Waals surface area (Å²) in [4.78, 5) is 4.34. The molecule has 2 aromatic rings. The van der Waals surface area contributed by atoms with Gasteiger partial charge in [-0.05, 0) is 26.0 Å². The Hall–Kier alpha value is -1.32. The Morgan fingerprint density at radius 3 is 2.69 bits per heavy atom. The molecule has 0 unspecified atom stereocenters. The first-order chi connectivity index (χ1) is 7.39. The summed E-state index contributed by atoms with van der Waals surface area (Å²) in [6.45, 7) is 3.29. The Balaban J connectivity index is 2.80. The first-order valence-electron chi connectivity index (χ1n) is 4.97. The topological polar surface area (TPSA) is 59.1 Å². The van der Waals surface area contributed by atoms with E-state index in [2.05, 4.69) is 4.98 Å². The standard InChI is InChI=1S/C12H13ClN2O/c1-12(2,16)11-9(14)6-7-4-3-5-8(13)10(7)15-11/h3-6,16H,14H2,1-2H3. The molecular formula is C12H13ClN2O. The highest BCUT2D eigenvalue weighted by Crippen LogP contribution is 2.29. The summed E-state index contributed by atoms with van der Waals surface area (Å²) < 4.78 is 0. The lowest BCUT2D eigenvalue weighted by molar-refractivity contribution is 0.0751. The van der Waals surface area contributed by atoms with Gasteiger partial charge in [0.05, 0.1) is 21.9 Å². The number of nitrogen functional groups attached to an aromatic ring is 1. The van der Waals surface area contributed by atoms with Crippen LogP contribution in [0.1, 0.15) is 19.5 Å². The zero-order valence-electron chi connectivity index (χ0n) is 9.16. The van der Waals surface area contributed by atoms with Gasteiger partial charge in [-0.1, -0.05) is 23.7 Å². The number of pyridine rings is 1. The second-order valence-corrected chi connectivity index (χ2v) is 4.70. The van der Waals surface area contributed by atoms with Gasteiger partial charge in [0.2, 0.25) is 0 Å². The molecule has 84 valence electrons. The van der Waals surface area contributed by atoms with Crippen LogP contribution >= 0.6 is 11.6 Å². The largest absolute Gasteiger partial charge is 0.397 e. The first kappa shape index (κ1) is 11.2. The third-order valence-electron chi connectivity index (χ3n) is 2.41. The Morgan fingerprint density at radius 2 is 2.06 bits per heavy atom. The third-order valence-corrected chi connectivity index (χ3v) is 2.71. The number of nitrogens with two attached hydrogens (primary N) is 1. The van der Waals surface area contributed by atoms with Crippen molar-refractivity contribution in [2.45, 2.75) is 19.4 Å². The second kappa shape index (κ2) is 3.61. The number of aromatic nitrogens is 1. The van der Waals surface area contributed by atoms with Crippen LogP contribution in [0.4, 0.5) is 5.69 Å². The molecule has 0 aliphatic heterocycles. The van der Waals surface area contributed by atoms with E-state index in [1.165, 1.54) is 0 Å². The number of para-hydroxylation sites is 1. The number of fused-ring (bicyclic) bond motifs is 1. The monoisotopic (exact) mass is 236 g/mol. The molecule has 0 atom stereocenters. The highest BCUT2D eigenvalue weighted by atomic mass is 35.5. The Morgan fingerprint density at radius 1 is 1.38 bits per heavy atom. The van der Waals surface area contributed by atoms with Gasteiger partial charge in [-0.25, -0.2) is 4.98 Å². The van der Waals surface area contributed by atoms with E-state index in [9.17, 15) is 5.11 Å². The lowest BCUT2D eigenvalue weighted by Crippen LogP contribution is -2.19.